The van der Waals surface area contributed by atoms with Gasteiger partial charge in [0.25, 0.3) is 5.91 Å². The van der Waals surface area contributed by atoms with Gasteiger partial charge >= 0.3 is 0 Å². The Hall–Kier alpha value is -0.770. The zero-order valence-corrected chi connectivity index (χ0v) is 12.1. The van der Waals surface area contributed by atoms with Gasteiger partial charge in [-0.25, -0.2) is 0 Å². The molecule has 18 heavy (non-hydrogen) atoms. The molecule has 98 valence electrons. The highest BCUT2D eigenvalue weighted by Gasteiger charge is 2.40. The summed E-state index contributed by atoms with van der Waals surface area (Å²) in [5.41, 5.74) is 0.626. The van der Waals surface area contributed by atoms with E-state index in [0.717, 1.165) is 18.4 Å². The first-order valence-electron chi connectivity index (χ1n) is 6.63. The summed E-state index contributed by atoms with van der Waals surface area (Å²) < 4.78 is 5.66. The summed E-state index contributed by atoms with van der Waals surface area (Å²) in [5, 5.41) is 0. The topological polar surface area (TPSA) is 33.5 Å². The number of hydrogen-bond acceptors (Lipinski definition) is 2. The van der Waals surface area contributed by atoms with E-state index in [-0.39, 0.29) is 5.91 Å². The van der Waals surface area contributed by atoms with Crippen molar-refractivity contribution in [3.63, 3.8) is 0 Å². The van der Waals surface area contributed by atoms with Crippen molar-refractivity contribution in [2.45, 2.75) is 25.7 Å². The van der Waals surface area contributed by atoms with Crippen LogP contribution < -0.4 is 0 Å². The molecule has 0 aliphatic heterocycles. The highest BCUT2D eigenvalue weighted by Crippen LogP contribution is 2.48. The molecule has 2 saturated carbocycles. The summed E-state index contributed by atoms with van der Waals surface area (Å²) in [5.74, 6) is 2.56. The molecule has 0 radical (unpaired) electrons. The molecular weight excluding hydrogens is 294 g/mol. The van der Waals surface area contributed by atoms with Gasteiger partial charge < -0.3 is 9.32 Å². The Morgan fingerprint density at radius 1 is 1.50 bits per heavy atom. The summed E-state index contributed by atoms with van der Waals surface area (Å²) in [7, 11) is 1.90. The number of halogens is 1. The fourth-order valence-corrected chi connectivity index (χ4v) is 4.10. The van der Waals surface area contributed by atoms with Gasteiger partial charge in [-0.1, -0.05) is 6.42 Å². The van der Waals surface area contributed by atoms with E-state index in [9.17, 15) is 4.79 Å². The number of rotatable bonds is 3. The second-order valence-electron chi connectivity index (χ2n) is 5.73. The molecule has 1 aromatic rings. The van der Waals surface area contributed by atoms with Crippen LogP contribution in [-0.2, 0) is 0 Å². The number of carbonyl (C=O) groups is 1. The Kier molecular flexibility index (Phi) is 3.22. The van der Waals surface area contributed by atoms with Crippen LogP contribution in [0.1, 0.15) is 36.0 Å². The summed E-state index contributed by atoms with van der Waals surface area (Å²) in [6, 6.07) is 1.73. The van der Waals surface area contributed by atoms with Crippen LogP contribution in [0.5, 0.6) is 0 Å². The molecule has 3 atom stereocenters. The van der Waals surface area contributed by atoms with Crippen LogP contribution in [0.2, 0.25) is 0 Å². The van der Waals surface area contributed by atoms with Crippen molar-refractivity contribution < 1.29 is 9.21 Å². The van der Waals surface area contributed by atoms with Gasteiger partial charge in [-0.15, -0.1) is 0 Å². The van der Waals surface area contributed by atoms with Crippen molar-refractivity contribution in [1.82, 2.24) is 4.90 Å². The van der Waals surface area contributed by atoms with Gasteiger partial charge in [0.2, 0.25) is 0 Å². The molecule has 2 fully saturated rings. The molecule has 0 spiro atoms. The standard InChI is InChI=1S/C14H18BrNO2/c1-16(14(17)12-4-5-18-13(12)15)8-11-7-9-2-3-10(11)6-9/h4-5,9-11H,2-3,6-8H2,1H3. The lowest BCUT2D eigenvalue weighted by molar-refractivity contribution is 0.0752. The van der Waals surface area contributed by atoms with Crippen molar-refractivity contribution in [2.24, 2.45) is 17.8 Å². The molecule has 2 aliphatic rings. The van der Waals surface area contributed by atoms with E-state index in [2.05, 4.69) is 15.9 Å². The summed E-state index contributed by atoms with van der Waals surface area (Å²) >= 11 is 3.27. The molecule has 2 bridgehead atoms. The maximum atomic E-state index is 12.3. The smallest absolute Gasteiger partial charge is 0.258 e. The molecular formula is C14H18BrNO2. The van der Waals surface area contributed by atoms with Crippen molar-refractivity contribution in [3.05, 3.63) is 22.6 Å². The predicted octanol–water partition coefficient (Wildman–Crippen LogP) is 3.55. The first-order chi connectivity index (χ1) is 8.65. The molecule has 2 aliphatic carbocycles. The number of hydrogen-bond donors (Lipinski definition) is 0. The van der Waals surface area contributed by atoms with E-state index in [1.807, 2.05) is 11.9 Å². The van der Waals surface area contributed by atoms with Crippen LogP contribution in [0, 0.1) is 17.8 Å². The lowest BCUT2D eigenvalue weighted by Gasteiger charge is -2.27. The summed E-state index contributed by atoms with van der Waals surface area (Å²) in [4.78, 5) is 14.1. The molecule has 3 rings (SSSR count). The number of nitrogens with zero attached hydrogens (tertiary/aromatic N) is 1. The molecule has 3 nitrogen and oxygen atoms in total. The highest BCUT2D eigenvalue weighted by atomic mass is 79.9. The second-order valence-corrected chi connectivity index (χ2v) is 6.45. The van der Waals surface area contributed by atoms with Gasteiger partial charge in [-0.3, -0.25) is 4.79 Å². The predicted molar refractivity (Wildman–Crippen MR) is 72.3 cm³/mol. The Bertz CT molecular complexity index is 456. The summed E-state index contributed by atoms with van der Waals surface area (Å²) in [6.45, 7) is 0.887. The lowest BCUT2D eigenvalue weighted by Crippen LogP contribution is -2.33. The number of carbonyl (C=O) groups excluding carboxylic acids is 1. The maximum Gasteiger partial charge on any atom is 0.258 e. The third-order valence-corrected chi connectivity index (χ3v) is 5.20. The van der Waals surface area contributed by atoms with Crippen LogP contribution in [0.15, 0.2) is 21.4 Å². The minimum absolute atomic E-state index is 0.0541. The monoisotopic (exact) mass is 311 g/mol. The second kappa shape index (κ2) is 4.72. The Morgan fingerprint density at radius 2 is 2.33 bits per heavy atom. The highest BCUT2D eigenvalue weighted by molar-refractivity contribution is 9.10. The third-order valence-electron chi connectivity index (χ3n) is 4.59. The number of fused-ring (bicyclic) bond motifs is 2. The molecule has 1 aromatic heterocycles. The molecule has 1 heterocycles. The van der Waals surface area contributed by atoms with Crippen LogP contribution in [0.25, 0.3) is 0 Å². The molecule has 0 N–H and O–H groups in total. The average molecular weight is 312 g/mol. The van der Waals surface area contributed by atoms with Crippen LogP contribution in [0.4, 0.5) is 0 Å². The van der Waals surface area contributed by atoms with E-state index in [1.54, 1.807) is 12.3 Å². The fraction of sp³-hybridized carbons (Fsp3) is 0.643. The first kappa shape index (κ1) is 12.3. The molecule has 0 saturated heterocycles. The Labute approximate surface area is 116 Å². The van der Waals surface area contributed by atoms with Gasteiger partial charge in [-0.2, -0.15) is 0 Å². The number of amides is 1. The minimum atomic E-state index is 0.0541. The zero-order chi connectivity index (χ0) is 12.7. The van der Waals surface area contributed by atoms with E-state index in [4.69, 9.17) is 4.42 Å². The quantitative estimate of drug-likeness (QED) is 0.855. The SMILES string of the molecule is CN(CC1CC2CCC1C2)C(=O)c1ccoc1Br. The molecule has 4 heteroatoms. The lowest BCUT2D eigenvalue weighted by atomic mass is 9.88. The molecule has 1 amide bonds. The van der Waals surface area contributed by atoms with Crippen LogP contribution in [0.3, 0.4) is 0 Å². The maximum absolute atomic E-state index is 12.3. The Balaban J connectivity index is 1.63. The first-order valence-corrected chi connectivity index (χ1v) is 7.43. The number of furan rings is 1. The fourth-order valence-electron chi connectivity index (χ4n) is 3.69. The minimum Gasteiger partial charge on any atom is -0.457 e. The van der Waals surface area contributed by atoms with Crippen molar-refractivity contribution in [3.8, 4) is 0 Å². The van der Waals surface area contributed by atoms with E-state index in [0.29, 0.717) is 16.2 Å². The van der Waals surface area contributed by atoms with E-state index in [1.165, 1.54) is 25.7 Å². The van der Waals surface area contributed by atoms with Crippen molar-refractivity contribution in [1.29, 1.82) is 0 Å². The van der Waals surface area contributed by atoms with Crippen molar-refractivity contribution in [2.75, 3.05) is 13.6 Å². The van der Waals surface area contributed by atoms with Gasteiger partial charge in [-0.05, 0) is 59.0 Å². The van der Waals surface area contributed by atoms with Gasteiger partial charge in [0.05, 0.1) is 11.8 Å². The van der Waals surface area contributed by atoms with Gasteiger partial charge in [0.1, 0.15) is 0 Å². The zero-order valence-electron chi connectivity index (χ0n) is 10.6. The average Bonchev–Trinajstić information content (AvgIpc) is 3.04. The third kappa shape index (κ3) is 2.11. The van der Waals surface area contributed by atoms with Gasteiger partial charge in [0.15, 0.2) is 4.67 Å². The molecule has 3 unspecified atom stereocenters. The van der Waals surface area contributed by atoms with Crippen molar-refractivity contribution >= 4 is 21.8 Å². The van der Waals surface area contributed by atoms with Crippen LogP contribution in [-0.4, -0.2) is 24.4 Å². The Morgan fingerprint density at radius 3 is 2.89 bits per heavy atom. The van der Waals surface area contributed by atoms with Gasteiger partial charge in [0, 0.05) is 13.6 Å². The summed E-state index contributed by atoms with van der Waals surface area (Å²) in [6.07, 6.45) is 7.03. The normalized spacial score (nSPS) is 29.8. The largest absolute Gasteiger partial charge is 0.457 e. The van der Waals surface area contributed by atoms with E-state index >= 15 is 0 Å². The van der Waals surface area contributed by atoms with Crippen LogP contribution >= 0.6 is 15.9 Å². The molecule has 0 aromatic carbocycles. The van der Waals surface area contributed by atoms with E-state index < -0.39 is 0 Å².